The molecule has 1 aliphatic rings. The molecule has 0 unspecified atom stereocenters. The monoisotopic (exact) mass is 205 g/mol. The van der Waals surface area contributed by atoms with Gasteiger partial charge in [0.15, 0.2) is 0 Å². The van der Waals surface area contributed by atoms with E-state index in [0.717, 1.165) is 6.04 Å². The van der Waals surface area contributed by atoms with Gasteiger partial charge in [-0.1, -0.05) is 44.9 Å². The Hall–Kier alpha value is -0.720. The number of nitrogens with zero attached hydrogens (tertiary/aromatic N) is 1. The first-order valence-electron chi connectivity index (χ1n) is 6.59. The molecule has 1 aromatic heterocycles. The highest BCUT2D eigenvalue weighted by Crippen LogP contribution is 2.25. The van der Waals surface area contributed by atoms with Crippen molar-refractivity contribution in [2.24, 2.45) is 0 Å². The lowest BCUT2D eigenvalue weighted by molar-refractivity contribution is 0.382. The number of rotatable bonds is 1. The van der Waals surface area contributed by atoms with Gasteiger partial charge in [0.2, 0.25) is 0 Å². The summed E-state index contributed by atoms with van der Waals surface area (Å²) in [6.07, 6.45) is 17.3. The molecule has 0 aliphatic heterocycles. The van der Waals surface area contributed by atoms with E-state index in [1.165, 1.54) is 57.8 Å². The van der Waals surface area contributed by atoms with Gasteiger partial charge in [0.25, 0.3) is 0 Å². The largest absolute Gasteiger partial charge is 0.351 e. The third kappa shape index (κ3) is 3.40. The summed E-state index contributed by atoms with van der Waals surface area (Å²) in [5.74, 6) is 0. The van der Waals surface area contributed by atoms with Crippen molar-refractivity contribution in [3.05, 3.63) is 24.5 Å². The number of hydrogen-bond donors (Lipinski definition) is 0. The van der Waals surface area contributed by atoms with Gasteiger partial charge in [-0.2, -0.15) is 0 Å². The van der Waals surface area contributed by atoms with E-state index < -0.39 is 0 Å². The zero-order valence-corrected chi connectivity index (χ0v) is 9.70. The van der Waals surface area contributed by atoms with Gasteiger partial charge in [-0.15, -0.1) is 0 Å². The van der Waals surface area contributed by atoms with E-state index >= 15 is 0 Å². The van der Waals surface area contributed by atoms with E-state index in [2.05, 4.69) is 29.1 Å². The first-order valence-corrected chi connectivity index (χ1v) is 6.59. The average molecular weight is 205 g/mol. The first-order chi connectivity index (χ1) is 7.47. The van der Waals surface area contributed by atoms with Gasteiger partial charge in [0, 0.05) is 18.4 Å². The lowest BCUT2D eigenvalue weighted by atomic mass is 9.97. The number of aromatic nitrogens is 1. The highest BCUT2D eigenvalue weighted by Gasteiger charge is 2.10. The molecule has 1 aromatic rings. The molecule has 1 fully saturated rings. The SMILES string of the molecule is c1ccn(C2CCCCCCCCC2)c1. The molecule has 0 bridgehead atoms. The lowest BCUT2D eigenvalue weighted by Gasteiger charge is -2.20. The first kappa shape index (κ1) is 10.8. The fourth-order valence-electron chi connectivity index (χ4n) is 2.68. The summed E-state index contributed by atoms with van der Waals surface area (Å²) in [7, 11) is 0. The predicted octanol–water partition coefficient (Wildman–Crippen LogP) is 4.55. The minimum atomic E-state index is 0.776. The van der Waals surface area contributed by atoms with Crippen LogP contribution in [0.5, 0.6) is 0 Å². The van der Waals surface area contributed by atoms with Crippen molar-refractivity contribution < 1.29 is 0 Å². The van der Waals surface area contributed by atoms with Gasteiger partial charge < -0.3 is 4.57 Å². The molecule has 84 valence electrons. The molecule has 0 saturated heterocycles. The van der Waals surface area contributed by atoms with Crippen LogP contribution >= 0.6 is 0 Å². The molecule has 0 aromatic carbocycles. The van der Waals surface area contributed by atoms with Crippen molar-refractivity contribution in [2.75, 3.05) is 0 Å². The van der Waals surface area contributed by atoms with Crippen molar-refractivity contribution in [2.45, 2.75) is 63.8 Å². The Morgan fingerprint density at radius 3 is 1.67 bits per heavy atom. The zero-order chi connectivity index (χ0) is 10.3. The molecule has 15 heavy (non-hydrogen) atoms. The molecule has 0 atom stereocenters. The highest BCUT2D eigenvalue weighted by molar-refractivity contribution is 4.93. The molecular weight excluding hydrogens is 182 g/mol. The Morgan fingerprint density at radius 1 is 0.667 bits per heavy atom. The van der Waals surface area contributed by atoms with Crippen LogP contribution in [0.1, 0.15) is 63.8 Å². The molecule has 2 rings (SSSR count). The van der Waals surface area contributed by atoms with Gasteiger partial charge >= 0.3 is 0 Å². The van der Waals surface area contributed by atoms with Crippen LogP contribution in [0.3, 0.4) is 0 Å². The second kappa shape index (κ2) is 5.99. The molecule has 0 amide bonds. The van der Waals surface area contributed by atoms with Crippen molar-refractivity contribution in [1.82, 2.24) is 4.57 Å². The van der Waals surface area contributed by atoms with Crippen molar-refractivity contribution >= 4 is 0 Å². The van der Waals surface area contributed by atoms with E-state index in [0.29, 0.717) is 0 Å². The Balaban J connectivity index is 1.90. The van der Waals surface area contributed by atoms with Crippen LogP contribution in [-0.4, -0.2) is 4.57 Å². The van der Waals surface area contributed by atoms with Crippen LogP contribution in [0, 0.1) is 0 Å². The Morgan fingerprint density at radius 2 is 1.13 bits per heavy atom. The molecule has 0 radical (unpaired) electrons. The zero-order valence-electron chi connectivity index (χ0n) is 9.70. The molecule has 1 heteroatoms. The quantitative estimate of drug-likeness (QED) is 0.633. The molecule has 1 aliphatic carbocycles. The van der Waals surface area contributed by atoms with Crippen LogP contribution in [0.25, 0.3) is 0 Å². The van der Waals surface area contributed by atoms with Gasteiger partial charge in [0.05, 0.1) is 0 Å². The average Bonchev–Trinajstić information content (AvgIpc) is 2.79. The van der Waals surface area contributed by atoms with Crippen LogP contribution < -0.4 is 0 Å². The maximum Gasteiger partial charge on any atom is 0.0330 e. The maximum atomic E-state index is 2.42. The van der Waals surface area contributed by atoms with E-state index in [1.807, 2.05) is 0 Å². The third-order valence-corrected chi connectivity index (χ3v) is 3.62. The van der Waals surface area contributed by atoms with E-state index in [4.69, 9.17) is 0 Å². The Kier molecular flexibility index (Phi) is 4.31. The second-order valence-electron chi connectivity index (χ2n) is 4.84. The molecular formula is C14H23N. The van der Waals surface area contributed by atoms with Crippen LogP contribution in [0.4, 0.5) is 0 Å². The smallest absolute Gasteiger partial charge is 0.0330 e. The Bertz CT molecular complexity index is 240. The molecule has 0 N–H and O–H groups in total. The van der Waals surface area contributed by atoms with Gasteiger partial charge in [-0.3, -0.25) is 0 Å². The molecule has 1 saturated carbocycles. The lowest BCUT2D eigenvalue weighted by Crippen LogP contribution is -2.07. The fraction of sp³-hybridized carbons (Fsp3) is 0.714. The fourth-order valence-corrected chi connectivity index (χ4v) is 2.68. The summed E-state index contributed by atoms with van der Waals surface area (Å²) in [6, 6.07) is 5.08. The minimum Gasteiger partial charge on any atom is -0.351 e. The van der Waals surface area contributed by atoms with E-state index in [1.54, 1.807) is 0 Å². The van der Waals surface area contributed by atoms with Crippen molar-refractivity contribution in [3.8, 4) is 0 Å². The summed E-state index contributed by atoms with van der Waals surface area (Å²) in [4.78, 5) is 0. The van der Waals surface area contributed by atoms with Crippen molar-refractivity contribution in [3.63, 3.8) is 0 Å². The summed E-state index contributed by atoms with van der Waals surface area (Å²) in [5.41, 5.74) is 0. The minimum absolute atomic E-state index is 0.776. The Labute approximate surface area is 93.5 Å². The van der Waals surface area contributed by atoms with Gasteiger partial charge in [0.1, 0.15) is 0 Å². The third-order valence-electron chi connectivity index (χ3n) is 3.62. The van der Waals surface area contributed by atoms with Crippen LogP contribution in [-0.2, 0) is 0 Å². The molecule has 0 spiro atoms. The normalized spacial score (nSPS) is 21.3. The van der Waals surface area contributed by atoms with Crippen molar-refractivity contribution in [1.29, 1.82) is 0 Å². The summed E-state index contributed by atoms with van der Waals surface area (Å²) in [5, 5.41) is 0. The van der Waals surface area contributed by atoms with Crippen LogP contribution in [0.15, 0.2) is 24.5 Å². The standard InChI is InChI=1S/C14H23N/c1-2-4-6-10-14(11-7-5-3-1)15-12-8-9-13-15/h8-9,12-14H,1-7,10-11H2. The topological polar surface area (TPSA) is 4.93 Å². The summed E-state index contributed by atoms with van der Waals surface area (Å²) < 4.78 is 2.42. The second-order valence-corrected chi connectivity index (χ2v) is 4.84. The summed E-state index contributed by atoms with van der Waals surface area (Å²) >= 11 is 0. The predicted molar refractivity (Wildman–Crippen MR) is 65.0 cm³/mol. The summed E-state index contributed by atoms with van der Waals surface area (Å²) in [6.45, 7) is 0. The van der Waals surface area contributed by atoms with Gasteiger partial charge in [-0.25, -0.2) is 0 Å². The molecule has 1 nitrogen and oxygen atoms in total. The van der Waals surface area contributed by atoms with E-state index in [9.17, 15) is 0 Å². The van der Waals surface area contributed by atoms with E-state index in [-0.39, 0.29) is 0 Å². The number of hydrogen-bond acceptors (Lipinski definition) is 0. The molecule has 1 heterocycles. The van der Waals surface area contributed by atoms with Crippen LogP contribution in [0.2, 0.25) is 0 Å². The van der Waals surface area contributed by atoms with Gasteiger partial charge in [-0.05, 0) is 25.0 Å². The highest BCUT2D eigenvalue weighted by atomic mass is 15.0. The maximum absolute atomic E-state index is 2.42.